The van der Waals surface area contributed by atoms with Crippen LogP contribution in [0.15, 0.2) is 60.7 Å². The van der Waals surface area contributed by atoms with Crippen LogP contribution in [-0.4, -0.2) is 5.43 Å². The van der Waals surface area contributed by atoms with E-state index in [0.29, 0.717) is 0 Å². The molecule has 0 amide bonds. The Morgan fingerprint density at radius 2 is 1.12 bits per heavy atom. The van der Waals surface area contributed by atoms with Crippen molar-refractivity contribution in [1.29, 1.82) is 0 Å². The van der Waals surface area contributed by atoms with Gasteiger partial charge in [0.05, 0.1) is 0 Å². The van der Waals surface area contributed by atoms with Gasteiger partial charge in [-0.25, -0.2) is 0 Å². The van der Waals surface area contributed by atoms with Crippen LogP contribution in [0.1, 0.15) is 61.8 Å². The van der Waals surface area contributed by atoms with Gasteiger partial charge in [-0.05, 0) is 12.8 Å². The fourth-order valence-electron chi connectivity index (χ4n) is 4.07. The van der Waals surface area contributed by atoms with Crippen LogP contribution in [-0.2, 0) is 30.8 Å². The van der Waals surface area contributed by atoms with Crippen molar-refractivity contribution >= 4 is 44.0 Å². The molecule has 0 fully saturated rings. The van der Waals surface area contributed by atoms with E-state index < -0.39 is 18.0 Å². The molecular weight excluding hydrogens is 551 g/mol. The molecule has 4 aromatic rings. The molecule has 4 rings (SSSR count). The number of halogens is 2. The van der Waals surface area contributed by atoms with Gasteiger partial charge in [-0.1, -0.05) is 76.6 Å². The topological polar surface area (TPSA) is 0 Å². The molecule has 4 aromatic carbocycles. The normalized spacial score (nSPS) is 10.5. The van der Waals surface area contributed by atoms with Crippen LogP contribution in [0.4, 0.5) is 0 Å². The van der Waals surface area contributed by atoms with E-state index in [-0.39, 0.29) is 5.43 Å². The third kappa shape index (κ3) is 9.42. The Morgan fingerprint density at radius 1 is 0.735 bits per heavy atom. The van der Waals surface area contributed by atoms with E-state index in [0.717, 1.165) is 0 Å². The zero-order chi connectivity index (χ0) is 25.1. The number of unbranched alkanes of at least 4 members (excludes halogenated alkanes) is 2. The van der Waals surface area contributed by atoms with Crippen molar-refractivity contribution < 1.29 is 18.0 Å². The molecule has 34 heavy (non-hydrogen) atoms. The average molecular weight is 591 g/mol. The van der Waals surface area contributed by atoms with E-state index in [1.54, 1.807) is 0 Å². The van der Waals surface area contributed by atoms with Crippen LogP contribution < -0.4 is 0 Å². The molecule has 0 atom stereocenters. The zero-order valence-corrected chi connectivity index (χ0v) is 26.7. The molecule has 0 N–H and O–H groups in total. The Bertz CT molecular complexity index is 1100. The van der Waals surface area contributed by atoms with Crippen LogP contribution in [0.3, 0.4) is 0 Å². The summed E-state index contributed by atoms with van der Waals surface area (Å²) >= 11 is -1.65. The van der Waals surface area contributed by atoms with Crippen LogP contribution in [0.25, 0.3) is 21.5 Å². The second-order valence-corrected chi connectivity index (χ2v) is 32.4. The molecule has 0 aromatic heterocycles. The Balaban J connectivity index is 0.000000196. The van der Waals surface area contributed by atoms with Gasteiger partial charge in [0, 0.05) is 0 Å². The molecule has 0 spiro atoms. The first-order valence-electron chi connectivity index (χ1n) is 12.5. The van der Waals surface area contributed by atoms with Gasteiger partial charge >= 0.3 is 53.5 Å². The van der Waals surface area contributed by atoms with E-state index in [2.05, 4.69) is 101 Å². The van der Waals surface area contributed by atoms with Crippen LogP contribution in [0.5, 0.6) is 0 Å². The van der Waals surface area contributed by atoms with Gasteiger partial charge < -0.3 is 0 Å². The molecular formula is C30H40Cl2SiZr-2. The van der Waals surface area contributed by atoms with Gasteiger partial charge in [0.25, 0.3) is 0 Å². The molecule has 0 unspecified atom stereocenters. The first-order valence-corrected chi connectivity index (χ1v) is 25.1. The summed E-state index contributed by atoms with van der Waals surface area (Å²) in [5.41, 5.74) is 5.56. The van der Waals surface area contributed by atoms with E-state index in [1.807, 2.05) is 0 Å². The Hall–Kier alpha value is -0.660. The quantitative estimate of drug-likeness (QED) is 0.155. The molecule has 0 radical (unpaired) electrons. The van der Waals surface area contributed by atoms with Gasteiger partial charge in [-0.3, -0.25) is 0 Å². The summed E-state index contributed by atoms with van der Waals surface area (Å²) in [6.45, 7) is 13.2. The first kappa shape index (κ1) is 29.6. The van der Waals surface area contributed by atoms with Crippen molar-refractivity contribution in [3.8, 4) is 0 Å². The molecule has 0 aliphatic heterocycles. The summed E-state index contributed by atoms with van der Waals surface area (Å²) in [5.74, 6) is 0. The number of hydrogen-bond acceptors (Lipinski definition) is 0. The molecule has 0 saturated heterocycles. The van der Waals surface area contributed by atoms with Crippen molar-refractivity contribution in [2.45, 2.75) is 79.3 Å². The fraction of sp³-hybridized carbons (Fsp3) is 0.400. The van der Waals surface area contributed by atoms with Gasteiger partial charge in [0.1, 0.15) is 0 Å². The molecule has 0 bridgehead atoms. The van der Waals surface area contributed by atoms with E-state index in [1.165, 1.54) is 82.3 Å². The summed E-state index contributed by atoms with van der Waals surface area (Å²) in [7, 11) is 11.2. The predicted octanol–water partition coefficient (Wildman–Crippen LogP) is 10.6. The molecule has 0 heterocycles. The van der Waals surface area contributed by atoms with Crippen LogP contribution in [0, 0.1) is 13.8 Å². The van der Waals surface area contributed by atoms with Gasteiger partial charge in [-0.2, -0.15) is 12.1 Å². The van der Waals surface area contributed by atoms with Crippen molar-refractivity contribution in [3.05, 3.63) is 82.9 Å². The fourth-order valence-corrected chi connectivity index (χ4v) is 4.07. The molecule has 0 aliphatic rings. The minimum atomic E-state index is -1.65. The van der Waals surface area contributed by atoms with Crippen molar-refractivity contribution in [3.63, 3.8) is 0 Å². The zero-order valence-electron chi connectivity index (χ0n) is 21.8. The van der Waals surface area contributed by atoms with Gasteiger partial charge in [0.2, 0.25) is 0 Å². The first-order chi connectivity index (χ1) is 16.3. The van der Waals surface area contributed by atoms with Gasteiger partial charge in [0.15, 0.2) is 0 Å². The summed E-state index contributed by atoms with van der Waals surface area (Å²) in [4.78, 5) is 0. The molecule has 4 heteroatoms. The molecule has 0 nitrogen and oxygen atoms in total. The Labute approximate surface area is 222 Å². The van der Waals surface area contributed by atoms with E-state index in [9.17, 15) is 0 Å². The number of fused-ring (bicyclic) bond motifs is 2. The SMILES string of the molecule is CCCCc1cccc2[cH-]c(C)cc12.CCCCc1cccc2[cH-]c(C)cc12.C[Si](C)=[Zr]([Cl])[Cl]. The number of aryl methyl sites for hydroxylation is 4. The van der Waals surface area contributed by atoms with E-state index in [4.69, 9.17) is 17.0 Å². The monoisotopic (exact) mass is 588 g/mol. The predicted molar refractivity (Wildman–Crippen MR) is 155 cm³/mol. The third-order valence-corrected chi connectivity index (χ3v) is 25.7. The summed E-state index contributed by atoms with van der Waals surface area (Å²) < 4.78 is 0. The summed E-state index contributed by atoms with van der Waals surface area (Å²) in [5, 5.41) is 5.71. The third-order valence-electron chi connectivity index (χ3n) is 5.95. The van der Waals surface area contributed by atoms with Crippen molar-refractivity contribution in [1.82, 2.24) is 0 Å². The number of benzene rings is 2. The van der Waals surface area contributed by atoms with E-state index >= 15 is 0 Å². The molecule has 0 aliphatic carbocycles. The number of rotatable bonds is 6. The van der Waals surface area contributed by atoms with Crippen LogP contribution in [0.2, 0.25) is 13.1 Å². The minimum absolute atomic E-state index is 0.224. The maximum absolute atomic E-state index is 5.62. The van der Waals surface area contributed by atoms with Crippen molar-refractivity contribution in [2.24, 2.45) is 0 Å². The molecule has 0 saturated carbocycles. The average Bonchev–Trinajstić information content (AvgIpc) is 3.38. The summed E-state index contributed by atoms with van der Waals surface area (Å²) in [6.07, 6.45) is 7.58. The standard InChI is InChI=1S/2C14H17.C2H6Si.2ClH.Zr/c2*1-3-4-6-12-7-5-8-13-9-11(2)10-14(12)13;1-3-2;;;/h2*5,7-10H,3-4,6H2,1-2H3;1-2H3;2*1H;/q2*-1;;;;+2/p-2. The maximum atomic E-state index is 5.62. The summed E-state index contributed by atoms with van der Waals surface area (Å²) in [6, 6.07) is 22.4. The Morgan fingerprint density at radius 3 is 1.44 bits per heavy atom. The van der Waals surface area contributed by atoms with Gasteiger partial charge in [-0.15, -0.1) is 69.1 Å². The van der Waals surface area contributed by atoms with Crippen molar-refractivity contribution in [2.75, 3.05) is 0 Å². The van der Waals surface area contributed by atoms with Crippen LogP contribution >= 0.6 is 17.0 Å². The number of hydrogen-bond donors (Lipinski definition) is 0. The Kier molecular flexibility index (Phi) is 13.4. The second kappa shape index (κ2) is 15.5. The molecule has 184 valence electrons. The second-order valence-electron chi connectivity index (χ2n) is 9.37.